The number of hydrogen-bond acceptors (Lipinski definition) is 2. The summed E-state index contributed by atoms with van der Waals surface area (Å²) in [5.41, 5.74) is 2.09. The SMILES string of the molecule is CCCCCCN1CC2C(C1)C2(C)c1ccc2[nH]c(C(F)(F)F)nc2c1. The second-order valence-electron chi connectivity index (χ2n) is 8.13. The van der Waals surface area contributed by atoms with E-state index in [1.807, 2.05) is 12.1 Å². The van der Waals surface area contributed by atoms with E-state index in [9.17, 15) is 13.2 Å². The van der Waals surface area contributed by atoms with Crippen molar-refractivity contribution in [2.75, 3.05) is 19.6 Å². The van der Waals surface area contributed by atoms with Gasteiger partial charge in [0, 0.05) is 18.5 Å². The predicted molar refractivity (Wildman–Crippen MR) is 96.0 cm³/mol. The van der Waals surface area contributed by atoms with Gasteiger partial charge in [-0.05, 0) is 42.5 Å². The summed E-state index contributed by atoms with van der Waals surface area (Å²) in [6.07, 6.45) is 0.703. The van der Waals surface area contributed by atoms with E-state index in [-0.39, 0.29) is 5.41 Å². The Hall–Kier alpha value is -1.56. The van der Waals surface area contributed by atoms with Gasteiger partial charge in [0.25, 0.3) is 0 Å². The molecule has 1 saturated carbocycles. The lowest BCUT2D eigenvalue weighted by Crippen LogP contribution is -2.29. The van der Waals surface area contributed by atoms with E-state index >= 15 is 0 Å². The number of alkyl halides is 3. The molecule has 1 aromatic carbocycles. The molecule has 1 aliphatic heterocycles. The standard InChI is InChI=1S/C20H26F3N3/c1-3-4-5-6-9-26-11-14-15(12-26)19(14,2)13-7-8-16-17(10-13)25-18(24-16)20(21,22)23/h7-8,10,14-15H,3-6,9,11-12H2,1-2H3,(H,24,25). The normalized spacial score (nSPS) is 28.7. The Morgan fingerprint density at radius 3 is 2.58 bits per heavy atom. The van der Waals surface area contributed by atoms with Crippen LogP contribution >= 0.6 is 0 Å². The number of nitrogens with zero attached hydrogens (tertiary/aromatic N) is 2. The van der Waals surface area contributed by atoms with Crippen molar-refractivity contribution < 1.29 is 13.2 Å². The predicted octanol–water partition coefficient (Wildman–Crippen LogP) is 4.98. The first kappa shape index (κ1) is 17.8. The number of hydrogen-bond donors (Lipinski definition) is 1. The summed E-state index contributed by atoms with van der Waals surface area (Å²) in [6.45, 7) is 7.88. The Morgan fingerprint density at radius 1 is 1.19 bits per heavy atom. The van der Waals surface area contributed by atoms with Crippen molar-refractivity contribution in [3.63, 3.8) is 0 Å². The van der Waals surface area contributed by atoms with Crippen LogP contribution < -0.4 is 0 Å². The van der Waals surface area contributed by atoms with E-state index in [4.69, 9.17) is 0 Å². The maximum Gasteiger partial charge on any atom is 0.449 e. The molecule has 1 N–H and O–H groups in total. The molecule has 26 heavy (non-hydrogen) atoms. The van der Waals surface area contributed by atoms with Gasteiger partial charge < -0.3 is 9.88 Å². The lowest BCUT2D eigenvalue weighted by molar-refractivity contribution is -0.144. The second kappa shape index (κ2) is 6.25. The number of fused-ring (bicyclic) bond motifs is 2. The molecule has 3 nitrogen and oxygen atoms in total. The van der Waals surface area contributed by atoms with Crippen molar-refractivity contribution in [1.82, 2.24) is 14.9 Å². The molecule has 0 bridgehead atoms. The summed E-state index contributed by atoms with van der Waals surface area (Å²) >= 11 is 0. The molecule has 142 valence electrons. The Bertz CT molecular complexity index is 783. The first-order chi connectivity index (χ1) is 12.3. The summed E-state index contributed by atoms with van der Waals surface area (Å²) in [4.78, 5) is 8.70. The zero-order valence-electron chi connectivity index (χ0n) is 15.4. The third-order valence-corrected chi connectivity index (χ3v) is 6.53. The smallest absolute Gasteiger partial charge is 0.334 e. The van der Waals surface area contributed by atoms with E-state index in [0.29, 0.717) is 22.9 Å². The first-order valence-corrected chi connectivity index (χ1v) is 9.64. The molecule has 1 saturated heterocycles. The number of benzene rings is 1. The molecule has 1 aliphatic carbocycles. The molecule has 2 aromatic rings. The van der Waals surface area contributed by atoms with Crippen LogP contribution in [0.5, 0.6) is 0 Å². The largest absolute Gasteiger partial charge is 0.449 e. The number of unbranched alkanes of at least 4 members (excludes halogenated alkanes) is 3. The van der Waals surface area contributed by atoms with Crippen LogP contribution in [0.1, 0.15) is 50.9 Å². The number of imidazole rings is 1. The average Bonchev–Trinajstić information content (AvgIpc) is 3.01. The van der Waals surface area contributed by atoms with Gasteiger partial charge in [-0.3, -0.25) is 0 Å². The van der Waals surface area contributed by atoms with Gasteiger partial charge in [-0.2, -0.15) is 13.2 Å². The number of piperidine rings is 1. The molecule has 0 amide bonds. The average molecular weight is 365 g/mol. The Morgan fingerprint density at radius 2 is 1.92 bits per heavy atom. The zero-order valence-corrected chi connectivity index (χ0v) is 15.4. The van der Waals surface area contributed by atoms with Crippen LogP contribution in [0.2, 0.25) is 0 Å². The van der Waals surface area contributed by atoms with Gasteiger partial charge in [-0.15, -0.1) is 0 Å². The van der Waals surface area contributed by atoms with E-state index in [2.05, 4.69) is 28.7 Å². The monoisotopic (exact) mass is 365 g/mol. The van der Waals surface area contributed by atoms with Gasteiger partial charge in [-0.25, -0.2) is 4.98 Å². The highest BCUT2D eigenvalue weighted by Gasteiger charge is 2.65. The summed E-state index contributed by atoms with van der Waals surface area (Å²) in [5, 5.41) is 0. The number of nitrogens with one attached hydrogen (secondary N) is 1. The van der Waals surface area contributed by atoms with Crippen molar-refractivity contribution in [3.05, 3.63) is 29.6 Å². The van der Waals surface area contributed by atoms with Crippen molar-refractivity contribution in [2.45, 2.75) is 51.1 Å². The molecule has 2 fully saturated rings. The number of aromatic amines is 1. The van der Waals surface area contributed by atoms with Crippen LogP contribution in [-0.4, -0.2) is 34.5 Å². The van der Waals surface area contributed by atoms with E-state index < -0.39 is 12.0 Å². The molecule has 2 atom stereocenters. The minimum absolute atomic E-state index is 0.0887. The van der Waals surface area contributed by atoms with Gasteiger partial charge in [0.2, 0.25) is 5.82 Å². The zero-order chi connectivity index (χ0) is 18.5. The number of rotatable bonds is 6. The van der Waals surface area contributed by atoms with Crippen LogP contribution in [0, 0.1) is 11.8 Å². The fourth-order valence-electron chi connectivity index (χ4n) is 4.81. The van der Waals surface area contributed by atoms with Crippen LogP contribution in [0.4, 0.5) is 13.2 Å². The van der Waals surface area contributed by atoms with E-state index in [1.54, 1.807) is 6.07 Å². The maximum absolute atomic E-state index is 12.9. The van der Waals surface area contributed by atoms with Crippen molar-refractivity contribution in [3.8, 4) is 0 Å². The molecular weight excluding hydrogens is 339 g/mol. The highest BCUT2D eigenvalue weighted by atomic mass is 19.4. The maximum atomic E-state index is 12.9. The topological polar surface area (TPSA) is 31.9 Å². The summed E-state index contributed by atoms with van der Waals surface area (Å²) in [5.74, 6) is 0.323. The molecule has 2 heterocycles. The Labute approximate surface area is 152 Å². The van der Waals surface area contributed by atoms with Crippen molar-refractivity contribution >= 4 is 11.0 Å². The first-order valence-electron chi connectivity index (χ1n) is 9.64. The lowest BCUT2D eigenvalue weighted by Gasteiger charge is -2.24. The molecule has 2 aliphatic rings. The van der Waals surface area contributed by atoms with Crippen LogP contribution in [0.25, 0.3) is 11.0 Å². The highest BCUT2D eigenvalue weighted by Crippen LogP contribution is 2.63. The second-order valence-corrected chi connectivity index (χ2v) is 8.13. The molecule has 4 rings (SSSR count). The molecule has 6 heteroatoms. The van der Waals surface area contributed by atoms with Crippen LogP contribution in [-0.2, 0) is 11.6 Å². The third kappa shape index (κ3) is 2.92. The lowest BCUT2D eigenvalue weighted by atomic mass is 9.92. The molecule has 0 spiro atoms. The molecule has 1 aromatic heterocycles. The van der Waals surface area contributed by atoms with Gasteiger partial charge in [0.1, 0.15) is 0 Å². The number of aromatic nitrogens is 2. The van der Waals surface area contributed by atoms with Gasteiger partial charge in [0.15, 0.2) is 0 Å². The Kier molecular flexibility index (Phi) is 4.29. The third-order valence-electron chi connectivity index (χ3n) is 6.53. The number of halogens is 3. The van der Waals surface area contributed by atoms with E-state index in [1.165, 1.54) is 32.2 Å². The van der Waals surface area contributed by atoms with Gasteiger partial charge in [0.05, 0.1) is 11.0 Å². The number of likely N-dealkylation sites (tertiary alicyclic amines) is 1. The van der Waals surface area contributed by atoms with Crippen LogP contribution in [0.3, 0.4) is 0 Å². The minimum atomic E-state index is -4.43. The fourth-order valence-corrected chi connectivity index (χ4v) is 4.81. The summed E-state index contributed by atoms with van der Waals surface area (Å²) in [6, 6.07) is 5.57. The van der Waals surface area contributed by atoms with E-state index in [0.717, 1.165) is 18.7 Å². The van der Waals surface area contributed by atoms with Crippen LogP contribution in [0.15, 0.2) is 18.2 Å². The quantitative estimate of drug-likeness (QED) is 0.732. The molecular formula is C20H26F3N3. The fraction of sp³-hybridized carbons (Fsp3) is 0.650. The summed E-state index contributed by atoms with van der Waals surface area (Å²) < 4.78 is 38.6. The minimum Gasteiger partial charge on any atom is -0.334 e. The summed E-state index contributed by atoms with van der Waals surface area (Å²) in [7, 11) is 0. The van der Waals surface area contributed by atoms with Gasteiger partial charge in [-0.1, -0.05) is 39.2 Å². The highest BCUT2D eigenvalue weighted by molar-refractivity contribution is 5.76. The van der Waals surface area contributed by atoms with Gasteiger partial charge >= 0.3 is 6.18 Å². The molecule has 2 unspecified atom stereocenters. The van der Waals surface area contributed by atoms with Crippen molar-refractivity contribution in [1.29, 1.82) is 0 Å². The van der Waals surface area contributed by atoms with Crippen molar-refractivity contribution in [2.24, 2.45) is 11.8 Å². The molecule has 0 radical (unpaired) electrons. The number of H-pyrrole nitrogens is 1. The Balaban J connectivity index is 1.44.